The van der Waals surface area contributed by atoms with Crippen molar-refractivity contribution in [2.75, 3.05) is 23.5 Å². The summed E-state index contributed by atoms with van der Waals surface area (Å²) in [5, 5.41) is 15.1. The predicted molar refractivity (Wildman–Crippen MR) is 123 cm³/mol. The lowest BCUT2D eigenvalue weighted by Crippen LogP contribution is -2.15. The molecule has 0 unspecified atom stereocenters. The number of methoxy groups -OCH3 is 1. The number of rotatable bonds is 8. The number of hydrogen-bond acceptors (Lipinski definition) is 6. The first-order chi connectivity index (χ1) is 15.2. The van der Waals surface area contributed by atoms with Gasteiger partial charge in [-0.05, 0) is 48.5 Å². The number of nitrogens with zero attached hydrogens (tertiary/aromatic N) is 3. The summed E-state index contributed by atoms with van der Waals surface area (Å²) in [5.41, 5.74) is 3.39. The molecule has 0 spiro atoms. The van der Waals surface area contributed by atoms with Gasteiger partial charge in [-0.2, -0.15) is 0 Å². The summed E-state index contributed by atoms with van der Waals surface area (Å²) < 4.78 is 7.03. The zero-order chi connectivity index (χ0) is 21.5. The van der Waals surface area contributed by atoms with Crippen LogP contribution in [0.1, 0.15) is 0 Å². The largest absolute Gasteiger partial charge is 0.497 e. The fraction of sp³-hybridized carbons (Fsp3) is 0.0870. The lowest BCUT2D eigenvalue weighted by atomic mass is 10.2. The van der Waals surface area contributed by atoms with E-state index in [0.29, 0.717) is 10.8 Å². The van der Waals surface area contributed by atoms with Crippen molar-refractivity contribution in [3.8, 4) is 11.4 Å². The summed E-state index contributed by atoms with van der Waals surface area (Å²) in [6, 6.07) is 25.0. The zero-order valence-corrected chi connectivity index (χ0v) is 17.7. The second-order valence-corrected chi connectivity index (χ2v) is 7.50. The Morgan fingerprint density at radius 3 is 2.42 bits per heavy atom. The van der Waals surface area contributed by atoms with Gasteiger partial charge in [0, 0.05) is 11.4 Å². The van der Waals surface area contributed by atoms with Gasteiger partial charge in [0.25, 0.3) is 0 Å². The first-order valence-electron chi connectivity index (χ1n) is 9.61. The SMILES string of the molecule is COc1ccc(-n2cnnc2SCC(=O)Nc2ccccc2Nc2ccccc2)cc1. The number of carbonyl (C=O) groups excluding carboxylic acids is 1. The number of hydrogen-bond donors (Lipinski definition) is 2. The van der Waals surface area contributed by atoms with E-state index in [1.54, 1.807) is 13.4 Å². The van der Waals surface area contributed by atoms with Gasteiger partial charge in [0.2, 0.25) is 5.91 Å². The molecule has 0 aliphatic heterocycles. The van der Waals surface area contributed by atoms with Crippen molar-refractivity contribution < 1.29 is 9.53 Å². The van der Waals surface area contributed by atoms with Gasteiger partial charge in [0.15, 0.2) is 5.16 Å². The Kier molecular flexibility index (Phi) is 6.49. The number of nitrogens with one attached hydrogen (secondary N) is 2. The molecule has 3 aromatic carbocycles. The third-order valence-electron chi connectivity index (χ3n) is 4.45. The van der Waals surface area contributed by atoms with E-state index in [0.717, 1.165) is 22.8 Å². The molecule has 2 N–H and O–H groups in total. The lowest BCUT2D eigenvalue weighted by Gasteiger charge is -2.13. The second-order valence-electron chi connectivity index (χ2n) is 6.56. The van der Waals surface area contributed by atoms with Crippen molar-refractivity contribution >= 4 is 34.7 Å². The third-order valence-corrected chi connectivity index (χ3v) is 5.40. The van der Waals surface area contributed by atoms with Gasteiger partial charge in [0.05, 0.1) is 24.2 Å². The highest BCUT2D eigenvalue weighted by atomic mass is 32.2. The van der Waals surface area contributed by atoms with Crippen LogP contribution in [0, 0.1) is 0 Å². The maximum absolute atomic E-state index is 12.6. The summed E-state index contributed by atoms with van der Waals surface area (Å²) in [6.07, 6.45) is 1.63. The molecule has 0 atom stereocenters. The number of thioether (sulfide) groups is 1. The van der Waals surface area contributed by atoms with E-state index >= 15 is 0 Å². The van der Waals surface area contributed by atoms with Crippen molar-refractivity contribution in [1.82, 2.24) is 14.8 Å². The highest BCUT2D eigenvalue weighted by molar-refractivity contribution is 7.99. The molecule has 0 aliphatic carbocycles. The molecular formula is C23H21N5O2S. The molecular weight excluding hydrogens is 410 g/mol. The van der Waals surface area contributed by atoms with Crippen molar-refractivity contribution in [2.24, 2.45) is 0 Å². The van der Waals surface area contributed by atoms with Crippen LogP contribution < -0.4 is 15.4 Å². The van der Waals surface area contributed by atoms with Crippen LogP contribution in [0.5, 0.6) is 5.75 Å². The number of ether oxygens (including phenoxy) is 1. The molecule has 8 heteroatoms. The van der Waals surface area contributed by atoms with E-state index in [9.17, 15) is 4.79 Å². The Hall–Kier alpha value is -3.78. The average Bonchev–Trinajstić information content (AvgIpc) is 3.28. The normalized spacial score (nSPS) is 10.5. The van der Waals surface area contributed by atoms with E-state index in [-0.39, 0.29) is 11.7 Å². The van der Waals surface area contributed by atoms with Crippen molar-refractivity contribution in [2.45, 2.75) is 5.16 Å². The highest BCUT2D eigenvalue weighted by Gasteiger charge is 2.12. The van der Waals surface area contributed by atoms with Gasteiger partial charge in [-0.1, -0.05) is 42.1 Å². The summed E-state index contributed by atoms with van der Waals surface area (Å²) in [7, 11) is 1.63. The van der Waals surface area contributed by atoms with E-state index in [4.69, 9.17) is 4.74 Å². The van der Waals surface area contributed by atoms with Crippen LogP contribution in [0.25, 0.3) is 5.69 Å². The fourth-order valence-corrected chi connectivity index (χ4v) is 3.67. The standard InChI is InChI=1S/C23H21N5O2S/c1-30-19-13-11-18(12-14-19)28-16-24-27-23(28)31-15-22(29)26-21-10-6-5-9-20(21)25-17-7-3-2-4-8-17/h2-14,16,25H,15H2,1H3,(H,26,29). The Morgan fingerprint density at radius 1 is 0.968 bits per heavy atom. The quantitative estimate of drug-likeness (QED) is 0.392. The summed E-state index contributed by atoms with van der Waals surface area (Å²) in [6.45, 7) is 0. The van der Waals surface area contributed by atoms with Crippen LogP contribution in [0.3, 0.4) is 0 Å². The fourth-order valence-electron chi connectivity index (χ4n) is 2.94. The van der Waals surface area contributed by atoms with E-state index in [1.807, 2.05) is 83.4 Å². The van der Waals surface area contributed by atoms with Gasteiger partial charge in [0.1, 0.15) is 12.1 Å². The van der Waals surface area contributed by atoms with E-state index in [1.165, 1.54) is 11.8 Å². The molecule has 0 aliphatic rings. The summed E-state index contributed by atoms with van der Waals surface area (Å²) in [5.74, 6) is 0.846. The molecule has 0 bridgehead atoms. The molecule has 156 valence electrons. The van der Waals surface area contributed by atoms with Gasteiger partial charge >= 0.3 is 0 Å². The smallest absolute Gasteiger partial charge is 0.234 e. The van der Waals surface area contributed by atoms with Crippen LogP contribution in [-0.4, -0.2) is 33.5 Å². The summed E-state index contributed by atoms with van der Waals surface area (Å²) in [4.78, 5) is 12.6. The number of anilines is 3. The van der Waals surface area contributed by atoms with Crippen LogP contribution in [-0.2, 0) is 4.79 Å². The van der Waals surface area contributed by atoms with Gasteiger partial charge in [-0.25, -0.2) is 0 Å². The van der Waals surface area contributed by atoms with Crippen molar-refractivity contribution in [1.29, 1.82) is 0 Å². The second kappa shape index (κ2) is 9.82. The maximum atomic E-state index is 12.6. The maximum Gasteiger partial charge on any atom is 0.234 e. The van der Waals surface area contributed by atoms with Gasteiger partial charge in [-0.15, -0.1) is 10.2 Å². The monoisotopic (exact) mass is 431 g/mol. The molecule has 0 fully saturated rings. The minimum absolute atomic E-state index is 0.128. The minimum atomic E-state index is -0.128. The topological polar surface area (TPSA) is 81.1 Å². The molecule has 4 aromatic rings. The Morgan fingerprint density at radius 2 is 1.68 bits per heavy atom. The number of amides is 1. The van der Waals surface area contributed by atoms with Gasteiger partial charge < -0.3 is 15.4 Å². The average molecular weight is 432 g/mol. The van der Waals surface area contributed by atoms with Crippen LogP contribution in [0.2, 0.25) is 0 Å². The van der Waals surface area contributed by atoms with Crippen LogP contribution in [0.4, 0.5) is 17.1 Å². The summed E-state index contributed by atoms with van der Waals surface area (Å²) >= 11 is 1.32. The molecule has 0 radical (unpaired) electrons. The van der Waals surface area contributed by atoms with Crippen LogP contribution in [0.15, 0.2) is 90.3 Å². The molecule has 1 amide bonds. The number of carbonyl (C=O) groups is 1. The molecule has 31 heavy (non-hydrogen) atoms. The minimum Gasteiger partial charge on any atom is -0.497 e. The molecule has 4 rings (SSSR count). The van der Waals surface area contributed by atoms with E-state index in [2.05, 4.69) is 20.8 Å². The first-order valence-corrected chi connectivity index (χ1v) is 10.6. The predicted octanol–water partition coefficient (Wildman–Crippen LogP) is 4.75. The first kappa shape index (κ1) is 20.5. The molecule has 7 nitrogen and oxygen atoms in total. The zero-order valence-electron chi connectivity index (χ0n) is 16.9. The Bertz CT molecular complexity index is 1150. The van der Waals surface area contributed by atoms with Crippen LogP contribution >= 0.6 is 11.8 Å². The number of para-hydroxylation sites is 3. The molecule has 1 aromatic heterocycles. The number of benzene rings is 3. The molecule has 0 saturated heterocycles. The molecule has 1 heterocycles. The Balaban J connectivity index is 1.40. The van der Waals surface area contributed by atoms with E-state index < -0.39 is 0 Å². The van der Waals surface area contributed by atoms with Gasteiger partial charge in [-0.3, -0.25) is 9.36 Å². The highest BCUT2D eigenvalue weighted by Crippen LogP contribution is 2.26. The lowest BCUT2D eigenvalue weighted by molar-refractivity contribution is -0.113. The number of aromatic nitrogens is 3. The van der Waals surface area contributed by atoms with Crippen molar-refractivity contribution in [3.05, 3.63) is 85.2 Å². The molecule has 0 saturated carbocycles. The third kappa shape index (κ3) is 5.23. The Labute approximate surface area is 184 Å². The van der Waals surface area contributed by atoms with Crippen molar-refractivity contribution in [3.63, 3.8) is 0 Å².